The molecule has 3 nitrogen and oxygen atoms in total. The van der Waals surface area contributed by atoms with Crippen LogP contribution in [0, 0.1) is 0 Å². The molecule has 1 heterocycles. The van der Waals surface area contributed by atoms with E-state index < -0.39 is 0 Å². The van der Waals surface area contributed by atoms with Crippen LogP contribution in [0.3, 0.4) is 0 Å². The zero-order valence-corrected chi connectivity index (χ0v) is 9.81. The van der Waals surface area contributed by atoms with E-state index >= 15 is 0 Å². The molecule has 0 saturated heterocycles. The molecule has 3 heteroatoms. The van der Waals surface area contributed by atoms with Crippen LogP contribution in [-0.4, -0.2) is 17.2 Å². The Bertz CT molecular complexity index is 474. The van der Waals surface area contributed by atoms with Crippen LogP contribution < -0.4 is 10.5 Å². The van der Waals surface area contributed by atoms with E-state index in [0.717, 1.165) is 17.7 Å². The Hall–Kier alpha value is -1.48. The number of rotatable bonds is 4. The maximum atomic E-state index is 5.77. The number of nitrogens with zero attached hydrogens (tertiary/aromatic N) is 1. The van der Waals surface area contributed by atoms with E-state index in [9.17, 15) is 0 Å². The molecule has 0 aliphatic carbocycles. The van der Waals surface area contributed by atoms with Gasteiger partial charge in [0.25, 0.3) is 0 Å². The molecule has 0 radical (unpaired) electrons. The highest BCUT2D eigenvalue weighted by molar-refractivity contribution is 5.86. The van der Waals surface area contributed by atoms with E-state index in [1.165, 1.54) is 5.52 Å². The van der Waals surface area contributed by atoms with Gasteiger partial charge >= 0.3 is 0 Å². The highest BCUT2D eigenvalue weighted by Crippen LogP contribution is 2.27. The molecular formula is C13H18N2O. The van der Waals surface area contributed by atoms with E-state index in [2.05, 4.69) is 22.9 Å². The number of benzene rings is 1. The number of nitrogens with two attached hydrogens (primary N) is 1. The lowest BCUT2D eigenvalue weighted by Gasteiger charge is -2.11. The number of aromatic nitrogens is 1. The van der Waals surface area contributed by atoms with Crippen LogP contribution in [0.4, 0.5) is 0 Å². The molecule has 0 fully saturated rings. The first-order valence-corrected chi connectivity index (χ1v) is 5.67. The number of hydrogen-bond donors (Lipinski definition) is 1. The van der Waals surface area contributed by atoms with Crippen LogP contribution in [0.5, 0.6) is 5.75 Å². The van der Waals surface area contributed by atoms with Gasteiger partial charge in [0.1, 0.15) is 5.75 Å². The van der Waals surface area contributed by atoms with Crippen molar-refractivity contribution in [2.24, 2.45) is 5.73 Å². The second kappa shape index (κ2) is 4.58. The third kappa shape index (κ3) is 2.04. The van der Waals surface area contributed by atoms with Crippen molar-refractivity contribution in [2.75, 3.05) is 6.54 Å². The first kappa shape index (κ1) is 11.0. The van der Waals surface area contributed by atoms with Gasteiger partial charge in [0, 0.05) is 24.7 Å². The standard InChI is InChI=1S/C13H18N2O/c1-10(2)16-13-5-3-4-12-11(13)6-8-15(12)9-7-14/h3-6,8,10H,7,9,14H2,1-2H3. The molecule has 0 aliphatic heterocycles. The van der Waals surface area contributed by atoms with Crippen molar-refractivity contribution >= 4 is 10.9 Å². The molecule has 0 aliphatic rings. The molecule has 0 spiro atoms. The van der Waals surface area contributed by atoms with Gasteiger partial charge in [-0.2, -0.15) is 0 Å². The summed E-state index contributed by atoms with van der Waals surface area (Å²) in [6, 6.07) is 8.21. The minimum Gasteiger partial charge on any atom is -0.490 e. The summed E-state index contributed by atoms with van der Waals surface area (Å²) in [5, 5.41) is 1.16. The predicted octanol–water partition coefficient (Wildman–Crippen LogP) is 2.39. The van der Waals surface area contributed by atoms with Gasteiger partial charge in [0.2, 0.25) is 0 Å². The van der Waals surface area contributed by atoms with Gasteiger partial charge in [0.15, 0.2) is 0 Å². The Morgan fingerprint density at radius 3 is 2.81 bits per heavy atom. The fraction of sp³-hybridized carbons (Fsp3) is 0.385. The molecule has 1 aromatic carbocycles. The van der Waals surface area contributed by atoms with Crippen molar-refractivity contribution in [3.05, 3.63) is 30.5 Å². The molecule has 2 rings (SSSR count). The zero-order valence-electron chi connectivity index (χ0n) is 9.81. The van der Waals surface area contributed by atoms with Crippen molar-refractivity contribution in [3.8, 4) is 5.75 Å². The number of fused-ring (bicyclic) bond motifs is 1. The van der Waals surface area contributed by atoms with E-state index in [1.807, 2.05) is 26.0 Å². The lowest BCUT2D eigenvalue weighted by Crippen LogP contribution is -2.09. The first-order chi connectivity index (χ1) is 7.72. The molecule has 0 bridgehead atoms. The van der Waals surface area contributed by atoms with Crippen LogP contribution in [0.2, 0.25) is 0 Å². The lowest BCUT2D eigenvalue weighted by molar-refractivity contribution is 0.245. The molecule has 86 valence electrons. The molecular weight excluding hydrogens is 200 g/mol. The zero-order chi connectivity index (χ0) is 11.5. The quantitative estimate of drug-likeness (QED) is 0.856. The van der Waals surface area contributed by atoms with Gasteiger partial charge in [0.05, 0.1) is 11.6 Å². The Morgan fingerprint density at radius 2 is 2.12 bits per heavy atom. The predicted molar refractivity (Wildman–Crippen MR) is 66.8 cm³/mol. The summed E-state index contributed by atoms with van der Waals surface area (Å²) in [6.45, 7) is 5.57. The van der Waals surface area contributed by atoms with Gasteiger partial charge in [-0.25, -0.2) is 0 Å². The van der Waals surface area contributed by atoms with Gasteiger partial charge in [-0.3, -0.25) is 0 Å². The number of hydrogen-bond acceptors (Lipinski definition) is 2. The molecule has 1 aromatic heterocycles. The van der Waals surface area contributed by atoms with Crippen molar-refractivity contribution < 1.29 is 4.74 Å². The summed E-state index contributed by atoms with van der Waals surface area (Å²) in [5.41, 5.74) is 6.76. The topological polar surface area (TPSA) is 40.2 Å². The SMILES string of the molecule is CC(C)Oc1cccc2c1ccn2CCN. The average Bonchev–Trinajstić information content (AvgIpc) is 2.63. The third-order valence-electron chi connectivity index (χ3n) is 2.51. The van der Waals surface area contributed by atoms with E-state index in [-0.39, 0.29) is 6.10 Å². The fourth-order valence-corrected chi connectivity index (χ4v) is 1.89. The third-order valence-corrected chi connectivity index (χ3v) is 2.51. The van der Waals surface area contributed by atoms with Crippen LogP contribution in [0.1, 0.15) is 13.8 Å². The summed E-state index contributed by atoms with van der Waals surface area (Å²) in [5.74, 6) is 0.947. The molecule has 0 unspecified atom stereocenters. The Balaban J connectivity index is 2.44. The summed E-state index contributed by atoms with van der Waals surface area (Å²) in [7, 11) is 0. The summed E-state index contributed by atoms with van der Waals surface area (Å²) in [4.78, 5) is 0. The summed E-state index contributed by atoms with van der Waals surface area (Å²) >= 11 is 0. The molecule has 0 amide bonds. The smallest absolute Gasteiger partial charge is 0.129 e. The second-order valence-corrected chi connectivity index (χ2v) is 4.15. The van der Waals surface area contributed by atoms with Gasteiger partial charge in [-0.1, -0.05) is 6.07 Å². The fourth-order valence-electron chi connectivity index (χ4n) is 1.89. The molecule has 0 atom stereocenters. The highest BCUT2D eigenvalue weighted by Gasteiger charge is 2.06. The molecule has 2 N–H and O–H groups in total. The second-order valence-electron chi connectivity index (χ2n) is 4.15. The van der Waals surface area contributed by atoms with E-state index in [0.29, 0.717) is 6.54 Å². The van der Waals surface area contributed by atoms with Crippen LogP contribution >= 0.6 is 0 Å². The van der Waals surface area contributed by atoms with Gasteiger partial charge in [-0.15, -0.1) is 0 Å². The monoisotopic (exact) mass is 218 g/mol. The van der Waals surface area contributed by atoms with Gasteiger partial charge in [-0.05, 0) is 32.0 Å². The molecule has 0 saturated carbocycles. The average molecular weight is 218 g/mol. The van der Waals surface area contributed by atoms with Crippen molar-refractivity contribution in [2.45, 2.75) is 26.5 Å². The normalized spacial score (nSPS) is 11.2. The molecule has 2 aromatic rings. The maximum Gasteiger partial charge on any atom is 0.129 e. The van der Waals surface area contributed by atoms with Crippen LogP contribution in [0.15, 0.2) is 30.5 Å². The van der Waals surface area contributed by atoms with Crippen molar-refractivity contribution in [1.82, 2.24) is 4.57 Å². The maximum absolute atomic E-state index is 5.77. The van der Waals surface area contributed by atoms with Crippen molar-refractivity contribution in [1.29, 1.82) is 0 Å². The molecule has 16 heavy (non-hydrogen) atoms. The summed E-state index contributed by atoms with van der Waals surface area (Å²) < 4.78 is 7.93. The minimum absolute atomic E-state index is 0.198. The first-order valence-electron chi connectivity index (χ1n) is 5.67. The minimum atomic E-state index is 0.198. The van der Waals surface area contributed by atoms with E-state index in [1.54, 1.807) is 0 Å². The highest BCUT2D eigenvalue weighted by atomic mass is 16.5. The summed E-state index contributed by atoms with van der Waals surface area (Å²) in [6.07, 6.45) is 2.26. The van der Waals surface area contributed by atoms with E-state index in [4.69, 9.17) is 10.5 Å². The van der Waals surface area contributed by atoms with Gasteiger partial charge < -0.3 is 15.0 Å². The number of ether oxygens (including phenoxy) is 1. The van der Waals surface area contributed by atoms with Crippen molar-refractivity contribution in [3.63, 3.8) is 0 Å². The van der Waals surface area contributed by atoms with Crippen LogP contribution in [-0.2, 0) is 6.54 Å². The Kier molecular flexibility index (Phi) is 3.15. The van der Waals surface area contributed by atoms with Crippen LogP contribution in [0.25, 0.3) is 10.9 Å². The Morgan fingerprint density at radius 1 is 1.31 bits per heavy atom. The lowest BCUT2D eigenvalue weighted by atomic mass is 10.2. The Labute approximate surface area is 95.8 Å². The largest absolute Gasteiger partial charge is 0.490 e.